The van der Waals surface area contributed by atoms with Gasteiger partial charge in [0.15, 0.2) is 11.2 Å². The number of fused-ring (bicyclic) bond motifs is 18. The van der Waals surface area contributed by atoms with Gasteiger partial charge in [-0.1, -0.05) is 60.7 Å². The molecule has 0 N–H and O–H groups in total. The zero-order valence-corrected chi connectivity index (χ0v) is 23.8. The van der Waals surface area contributed by atoms with E-state index in [1.165, 1.54) is 14.2 Å². The van der Waals surface area contributed by atoms with Crippen LogP contribution in [0.3, 0.4) is 0 Å². The fourth-order valence-electron chi connectivity index (χ4n) is 10.5. The molecule has 42 heavy (non-hydrogen) atoms. The van der Waals surface area contributed by atoms with Crippen LogP contribution in [0.15, 0.2) is 60.7 Å². The quantitative estimate of drug-likeness (QED) is 0.301. The summed E-state index contributed by atoms with van der Waals surface area (Å²) in [6, 6.07) is 20.5. The topological polar surface area (TPSA) is 80.3 Å². The summed E-state index contributed by atoms with van der Waals surface area (Å²) in [5.41, 5.74) is 1.45. The van der Waals surface area contributed by atoms with Crippen LogP contribution in [0, 0.1) is 11.8 Å². The summed E-state index contributed by atoms with van der Waals surface area (Å²) in [5, 5.41) is 4.12. The number of benzene rings is 4. The van der Waals surface area contributed by atoms with Gasteiger partial charge in [-0.25, -0.2) is 9.59 Å². The van der Waals surface area contributed by atoms with E-state index in [2.05, 4.69) is 24.3 Å². The minimum atomic E-state index is -1.37. The molecule has 0 radical (unpaired) electrons. The van der Waals surface area contributed by atoms with Gasteiger partial charge in [0.2, 0.25) is 0 Å². The first-order valence-electron chi connectivity index (χ1n) is 14.5. The zero-order chi connectivity index (χ0) is 28.7. The number of esters is 2. The minimum Gasteiger partial charge on any atom is -0.496 e. The van der Waals surface area contributed by atoms with Gasteiger partial charge < -0.3 is 23.7 Å². The number of ether oxygens (including phenoxy) is 5. The van der Waals surface area contributed by atoms with Gasteiger partial charge in [0.25, 0.3) is 0 Å². The lowest BCUT2D eigenvalue weighted by Gasteiger charge is -2.46. The first-order chi connectivity index (χ1) is 20.5. The number of carbonyl (C=O) groups is 2. The van der Waals surface area contributed by atoms with Gasteiger partial charge >= 0.3 is 11.9 Å². The lowest BCUT2D eigenvalue weighted by molar-refractivity contribution is -0.183. The van der Waals surface area contributed by atoms with Crippen molar-refractivity contribution < 1.29 is 33.3 Å². The number of rotatable bonds is 4. The average Bonchev–Trinajstić information content (AvgIpc) is 3.82. The van der Waals surface area contributed by atoms with Crippen molar-refractivity contribution in [2.75, 3.05) is 28.4 Å². The molecule has 0 spiro atoms. The molecular formula is C35H30O7. The number of hydrogen-bond acceptors (Lipinski definition) is 7. The Kier molecular flexibility index (Phi) is 4.57. The first kappa shape index (κ1) is 24.5. The molecular weight excluding hydrogens is 532 g/mol. The third kappa shape index (κ3) is 2.33. The van der Waals surface area contributed by atoms with Gasteiger partial charge in [0.05, 0.1) is 28.4 Å². The molecule has 1 saturated carbocycles. The Bertz CT molecular complexity index is 1770. The molecule has 0 amide bonds. The standard InChI is InChI=1S/C35H30O7/c1-38-30-17-11-5-6-12-18(17)31(39-2)25-22-15-21(24(25)30)28-29(22)35(33(37)41-4)27-20-14-8-10-16-9-7-13-19(23(16)20)26(27)34(28,42-35)32(36)40-3/h5-14,21-22,26-29H,15H2,1-4H3/t21-,22+,26-,27+,28-,29+,34+,35-. The molecule has 0 aromatic heterocycles. The van der Waals surface area contributed by atoms with Crippen LogP contribution in [-0.4, -0.2) is 51.6 Å². The molecule has 2 aliphatic heterocycles. The highest BCUT2D eigenvalue weighted by Gasteiger charge is 2.87. The van der Waals surface area contributed by atoms with Crippen LogP contribution in [0.4, 0.5) is 0 Å². The molecule has 0 unspecified atom stereocenters. The highest BCUT2D eigenvalue weighted by molar-refractivity contribution is 6.01. The van der Waals surface area contributed by atoms with E-state index in [0.717, 1.165) is 61.7 Å². The molecule has 9 rings (SSSR count). The molecule has 7 nitrogen and oxygen atoms in total. The third-order valence-corrected chi connectivity index (χ3v) is 11.3. The van der Waals surface area contributed by atoms with E-state index in [1.807, 2.05) is 36.4 Å². The van der Waals surface area contributed by atoms with Gasteiger partial charge in [-0.05, 0) is 40.2 Å². The van der Waals surface area contributed by atoms with Crippen LogP contribution >= 0.6 is 0 Å². The van der Waals surface area contributed by atoms with Gasteiger partial charge in [-0.15, -0.1) is 0 Å². The molecule has 2 saturated heterocycles. The van der Waals surface area contributed by atoms with Crippen molar-refractivity contribution in [1.82, 2.24) is 0 Å². The Labute approximate surface area is 242 Å². The average molecular weight is 563 g/mol. The highest BCUT2D eigenvalue weighted by atomic mass is 16.6. The maximum atomic E-state index is 14.3. The Morgan fingerprint density at radius 3 is 1.60 bits per heavy atom. The predicted octanol–water partition coefficient (Wildman–Crippen LogP) is 5.58. The Balaban J connectivity index is 1.39. The number of methoxy groups -OCH3 is 4. The van der Waals surface area contributed by atoms with E-state index >= 15 is 0 Å². The van der Waals surface area contributed by atoms with E-state index in [4.69, 9.17) is 23.7 Å². The molecule has 5 aliphatic rings. The summed E-state index contributed by atoms with van der Waals surface area (Å²) in [6.45, 7) is 0. The van der Waals surface area contributed by atoms with Gasteiger partial charge in [-0.2, -0.15) is 0 Å². The van der Waals surface area contributed by atoms with Crippen LogP contribution in [-0.2, 0) is 23.8 Å². The zero-order valence-electron chi connectivity index (χ0n) is 23.8. The van der Waals surface area contributed by atoms with Crippen molar-refractivity contribution in [3.8, 4) is 11.5 Å². The molecule has 4 aromatic rings. The van der Waals surface area contributed by atoms with E-state index in [0.29, 0.717) is 0 Å². The Hall–Kier alpha value is -4.10. The smallest absolute Gasteiger partial charge is 0.339 e. The maximum absolute atomic E-state index is 14.3. The maximum Gasteiger partial charge on any atom is 0.339 e. The monoisotopic (exact) mass is 562 g/mol. The van der Waals surface area contributed by atoms with E-state index in [-0.39, 0.29) is 35.5 Å². The summed E-state index contributed by atoms with van der Waals surface area (Å²) in [7, 11) is 6.24. The fraction of sp³-hybridized carbons (Fsp3) is 0.371. The van der Waals surface area contributed by atoms with E-state index in [9.17, 15) is 9.59 Å². The van der Waals surface area contributed by atoms with Crippen LogP contribution in [0.25, 0.3) is 21.5 Å². The molecule has 8 atom stereocenters. The van der Waals surface area contributed by atoms with Gasteiger partial charge in [-0.3, -0.25) is 0 Å². The van der Waals surface area contributed by atoms with Crippen LogP contribution in [0.1, 0.15) is 52.3 Å². The molecule has 3 aliphatic carbocycles. The minimum absolute atomic E-state index is 0.0991. The normalized spacial score (nSPS) is 33.9. The molecule has 7 heteroatoms. The van der Waals surface area contributed by atoms with Gasteiger partial charge in [0.1, 0.15) is 11.5 Å². The summed E-state index contributed by atoms with van der Waals surface area (Å²) in [6.07, 6.45) is 0.764. The van der Waals surface area contributed by atoms with Crippen LogP contribution < -0.4 is 9.47 Å². The third-order valence-electron chi connectivity index (χ3n) is 11.3. The van der Waals surface area contributed by atoms with E-state index < -0.39 is 23.1 Å². The summed E-state index contributed by atoms with van der Waals surface area (Å²) < 4.78 is 30.6. The van der Waals surface area contributed by atoms with Crippen molar-refractivity contribution in [1.29, 1.82) is 0 Å². The molecule has 212 valence electrons. The van der Waals surface area contributed by atoms with Crippen molar-refractivity contribution in [2.45, 2.75) is 41.3 Å². The Morgan fingerprint density at radius 1 is 0.690 bits per heavy atom. The molecule has 2 heterocycles. The Morgan fingerprint density at radius 2 is 1.17 bits per heavy atom. The van der Waals surface area contributed by atoms with E-state index in [1.54, 1.807) is 14.2 Å². The number of hydrogen-bond donors (Lipinski definition) is 0. The summed E-state index contributed by atoms with van der Waals surface area (Å²) in [4.78, 5) is 28.7. The SMILES string of the molecule is COC(=O)[C@@]12O[C@@](C(=O)OC)([C@@H]3[C@H]1[C@@H]1C[C@H]3c3c1c(OC)c1ccccc1c3OC)[C@H]1c3cccc4cccc(c34)[C@H]12. The summed E-state index contributed by atoms with van der Waals surface area (Å²) in [5.74, 6) is -0.852. The largest absolute Gasteiger partial charge is 0.496 e. The van der Waals surface area contributed by atoms with Crippen LogP contribution in [0.2, 0.25) is 0 Å². The van der Waals surface area contributed by atoms with Crippen molar-refractivity contribution in [3.63, 3.8) is 0 Å². The second-order valence-electron chi connectivity index (χ2n) is 12.4. The molecule has 4 aromatic carbocycles. The van der Waals surface area contributed by atoms with Crippen molar-refractivity contribution in [3.05, 3.63) is 82.9 Å². The second-order valence-corrected chi connectivity index (χ2v) is 12.4. The highest BCUT2D eigenvalue weighted by Crippen LogP contribution is 2.82. The lowest BCUT2D eigenvalue weighted by atomic mass is 9.52. The molecule has 3 fully saturated rings. The van der Waals surface area contributed by atoms with Crippen molar-refractivity contribution >= 4 is 33.5 Å². The molecule has 4 bridgehead atoms. The van der Waals surface area contributed by atoms with Crippen LogP contribution in [0.5, 0.6) is 11.5 Å². The lowest BCUT2D eigenvalue weighted by Crippen LogP contribution is -2.56. The summed E-state index contributed by atoms with van der Waals surface area (Å²) >= 11 is 0. The van der Waals surface area contributed by atoms with Gasteiger partial charge in [0, 0.05) is 45.6 Å². The first-order valence-corrected chi connectivity index (χ1v) is 14.5. The number of carbonyl (C=O) groups excluding carboxylic acids is 2. The fourth-order valence-corrected chi connectivity index (χ4v) is 10.5. The van der Waals surface area contributed by atoms with Crippen molar-refractivity contribution in [2.24, 2.45) is 11.8 Å². The predicted molar refractivity (Wildman–Crippen MR) is 154 cm³/mol. The second kappa shape index (κ2) is 7.84.